The second-order valence-electron chi connectivity index (χ2n) is 4.21. The Morgan fingerprint density at radius 2 is 2.40 bits per heavy atom. The first-order valence-corrected chi connectivity index (χ1v) is 5.77. The standard InChI is InChI=1S/C11H22N2O2/c1-4-15-9(3)7-13-11(14)10-8(2)5-6-12-10/h8-10,12H,4-7H2,1-3H3,(H,13,14). The van der Waals surface area contributed by atoms with Crippen LogP contribution in [0.1, 0.15) is 27.2 Å². The molecule has 1 fully saturated rings. The van der Waals surface area contributed by atoms with Crippen molar-refractivity contribution in [3.63, 3.8) is 0 Å². The van der Waals surface area contributed by atoms with Gasteiger partial charge in [-0.05, 0) is 32.7 Å². The minimum Gasteiger partial charge on any atom is -0.377 e. The number of amides is 1. The van der Waals surface area contributed by atoms with E-state index in [1.54, 1.807) is 0 Å². The van der Waals surface area contributed by atoms with Gasteiger partial charge in [-0.15, -0.1) is 0 Å². The Morgan fingerprint density at radius 1 is 1.67 bits per heavy atom. The van der Waals surface area contributed by atoms with E-state index in [2.05, 4.69) is 17.6 Å². The Morgan fingerprint density at radius 3 is 2.93 bits per heavy atom. The maximum Gasteiger partial charge on any atom is 0.237 e. The molecule has 1 aliphatic rings. The molecule has 4 heteroatoms. The van der Waals surface area contributed by atoms with E-state index in [-0.39, 0.29) is 18.1 Å². The molecule has 1 rings (SSSR count). The van der Waals surface area contributed by atoms with Crippen LogP contribution in [0.4, 0.5) is 0 Å². The number of carbonyl (C=O) groups excluding carboxylic acids is 1. The summed E-state index contributed by atoms with van der Waals surface area (Å²) in [5, 5.41) is 6.12. The number of hydrogen-bond donors (Lipinski definition) is 2. The molecule has 0 aromatic carbocycles. The van der Waals surface area contributed by atoms with Gasteiger partial charge in [0.25, 0.3) is 0 Å². The second-order valence-corrected chi connectivity index (χ2v) is 4.21. The summed E-state index contributed by atoms with van der Waals surface area (Å²) in [6.07, 6.45) is 1.18. The molecule has 0 bridgehead atoms. The SMILES string of the molecule is CCOC(C)CNC(=O)C1NCCC1C. The van der Waals surface area contributed by atoms with Crippen molar-refractivity contribution in [3.05, 3.63) is 0 Å². The van der Waals surface area contributed by atoms with Gasteiger partial charge in [-0.25, -0.2) is 0 Å². The lowest BCUT2D eigenvalue weighted by Gasteiger charge is -2.17. The number of nitrogens with one attached hydrogen (secondary N) is 2. The van der Waals surface area contributed by atoms with Gasteiger partial charge in [0, 0.05) is 13.2 Å². The van der Waals surface area contributed by atoms with Crippen molar-refractivity contribution in [2.75, 3.05) is 19.7 Å². The Kier molecular flexibility index (Phi) is 5.05. The van der Waals surface area contributed by atoms with Crippen molar-refractivity contribution in [2.24, 2.45) is 5.92 Å². The van der Waals surface area contributed by atoms with Gasteiger partial charge in [0.05, 0.1) is 12.1 Å². The lowest BCUT2D eigenvalue weighted by atomic mass is 10.0. The summed E-state index contributed by atoms with van der Waals surface area (Å²) in [5.74, 6) is 0.541. The van der Waals surface area contributed by atoms with Crippen LogP contribution in [0.15, 0.2) is 0 Å². The normalized spacial score (nSPS) is 27.7. The van der Waals surface area contributed by atoms with Crippen LogP contribution in [0.25, 0.3) is 0 Å². The molecule has 88 valence electrons. The molecular formula is C11H22N2O2. The molecule has 1 amide bonds. The zero-order valence-corrected chi connectivity index (χ0v) is 9.88. The molecule has 3 atom stereocenters. The first-order chi connectivity index (χ1) is 7.15. The van der Waals surface area contributed by atoms with Gasteiger partial charge in [-0.2, -0.15) is 0 Å². The zero-order chi connectivity index (χ0) is 11.3. The minimum absolute atomic E-state index is 0.0150. The third kappa shape index (κ3) is 3.80. The molecule has 3 unspecified atom stereocenters. The van der Waals surface area contributed by atoms with Crippen molar-refractivity contribution in [3.8, 4) is 0 Å². The van der Waals surface area contributed by atoms with Gasteiger partial charge in [-0.3, -0.25) is 4.79 Å². The minimum atomic E-state index is -0.0150. The van der Waals surface area contributed by atoms with E-state index in [1.165, 1.54) is 0 Å². The summed E-state index contributed by atoms with van der Waals surface area (Å²) < 4.78 is 5.35. The fourth-order valence-corrected chi connectivity index (χ4v) is 1.88. The smallest absolute Gasteiger partial charge is 0.237 e. The Hall–Kier alpha value is -0.610. The third-order valence-corrected chi connectivity index (χ3v) is 2.83. The van der Waals surface area contributed by atoms with E-state index in [0.29, 0.717) is 19.1 Å². The molecule has 0 radical (unpaired) electrons. The van der Waals surface area contributed by atoms with E-state index >= 15 is 0 Å². The summed E-state index contributed by atoms with van der Waals surface area (Å²) >= 11 is 0. The molecule has 0 aliphatic carbocycles. The molecule has 0 aromatic heterocycles. The molecule has 1 heterocycles. The largest absolute Gasteiger partial charge is 0.377 e. The third-order valence-electron chi connectivity index (χ3n) is 2.83. The molecule has 15 heavy (non-hydrogen) atoms. The zero-order valence-electron chi connectivity index (χ0n) is 9.88. The van der Waals surface area contributed by atoms with Gasteiger partial charge in [-0.1, -0.05) is 6.92 Å². The van der Waals surface area contributed by atoms with Gasteiger partial charge in [0.2, 0.25) is 5.91 Å². The topological polar surface area (TPSA) is 50.4 Å². The van der Waals surface area contributed by atoms with E-state index in [9.17, 15) is 4.79 Å². The predicted octanol–water partition coefficient (Wildman–Crippen LogP) is 0.526. The van der Waals surface area contributed by atoms with Crippen LogP contribution >= 0.6 is 0 Å². The van der Waals surface area contributed by atoms with E-state index < -0.39 is 0 Å². The summed E-state index contributed by atoms with van der Waals surface area (Å²) in [6.45, 7) is 8.26. The number of carbonyl (C=O) groups is 1. The predicted molar refractivity (Wildman–Crippen MR) is 59.7 cm³/mol. The van der Waals surface area contributed by atoms with Crippen molar-refractivity contribution < 1.29 is 9.53 Å². The molecular weight excluding hydrogens is 192 g/mol. The van der Waals surface area contributed by atoms with Gasteiger partial charge in [0.1, 0.15) is 0 Å². The lowest BCUT2D eigenvalue weighted by Crippen LogP contribution is -2.45. The van der Waals surface area contributed by atoms with Crippen LogP contribution in [-0.2, 0) is 9.53 Å². The Balaban J connectivity index is 2.23. The highest BCUT2D eigenvalue weighted by molar-refractivity contribution is 5.82. The van der Waals surface area contributed by atoms with E-state index in [1.807, 2.05) is 13.8 Å². The average Bonchev–Trinajstić information content (AvgIpc) is 2.61. The van der Waals surface area contributed by atoms with Crippen LogP contribution in [0, 0.1) is 5.92 Å². The average molecular weight is 214 g/mol. The van der Waals surface area contributed by atoms with Crippen molar-refractivity contribution >= 4 is 5.91 Å². The molecule has 0 saturated carbocycles. The highest BCUT2D eigenvalue weighted by Crippen LogP contribution is 2.14. The van der Waals surface area contributed by atoms with Crippen molar-refractivity contribution in [1.29, 1.82) is 0 Å². The van der Waals surface area contributed by atoms with Crippen molar-refractivity contribution in [1.82, 2.24) is 10.6 Å². The van der Waals surface area contributed by atoms with Gasteiger partial charge < -0.3 is 15.4 Å². The van der Waals surface area contributed by atoms with Crippen LogP contribution in [-0.4, -0.2) is 37.7 Å². The molecule has 0 spiro atoms. The highest BCUT2D eigenvalue weighted by atomic mass is 16.5. The van der Waals surface area contributed by atoms with Crippen LogP contribution in [0.3, 0.4) is 0 Å². The number of rotatable bonds is 5. The van der Waals surface area contributed by atoms with Crippen LogP contribution in [0.5, 0.6) is 0 Å². The summed E-state index contributed by atoms with van der Waals surface area (Å²) in [5.41, 5.74) is 0. The van der Waals surface area contributed by atoms with E-state index in [0.717, 1.165) is 13.0 Å². The Bertz CT molecular complexity index is 209. The molecule has 0 aromatic rings. The molecule has 2 N–H and O–H groups in total. The lowest BCUT2D eigenvalue weighted by molar-refractivity contribution is -0.124. The summed E-state index contributed by atoms with van der Waals surface area (Å²) in [7, 11) is 0. The fraction of sp³-hybridized carbons (Fsp3) is 0.909. The fourth-order valence-electron chi connectivity index (χ4n) is 1.88. The van der Waals surface area contributed by atoms with Crippen LogP contribution in [0.2, 0.25) is 0 Å². The first-order valence-electron chi connectivity index (χ1n) is 5.77. The van der Waals surface area contributed by atoms with Crippen LogP contribution < -0.4 is 10.6 Å². The number of hydrogen-bond acceptors (Lipinski definition) is 3. The molecule has 1 aliphatic heterocycles. The van der Waals surface area contributed by atoms with Gasteiger partial charge >= 0.3 is 0 Å². The monoisotopic (exact) mass is 214 g/mol. The molecule has 4 nitrogen and oxygen atoms in total. The highest BCUT2D eigenvalue weighted by Gasteiger charge is 2.28. The second kappa shape index (κ2) is 6.08. The quantitative estimate of drug-likeness (QED) is 0.701. The Labute approximate surface area is 91.8 Å². The maximum atomic E-state index is 11.7. The van der Waals surface area contributed by atoms with Crippen molar-refractivity contribution in [2.45, 2.75) is 39.3 Å². The summed E-state index contributed by atoms with van der Waals surface area (Å²) in [6, 6.07) is -0.0150. The van der Waals surface area contributed by atoms with E-state index in [4.69, 9.17) is 4.74 Å². The van der Waals surface area contributed by atoms with Gasteiger partial charge in [0.15, 0.2) is 0 Å². The molecule has 1 saturated heterocycles. The number of ether oxygens (including phenoxy) is 1. The maximum absolute atomic E-state index is 11.7. The first kappa shape index (κ1) is 12.5. The summed E-state index contributed by atoms with van der Waals surface area (Å²) in [4.78, 5) is 11.7.